The smallest absolute Gasteiger partial charge is 0.277 e. The molecule has 3 N–H and O–H groups in total. The first-order chi connectivity index (χ1) is 18.1. The minimum atomic E-state index is -3.55. The molecular weight excluding hydrogens is 553 g/mol. The van der Waals surface area contributed by atoms with E-state index >= 15 is 0 Å². The summed E-state index contributed by atoms with van der Waals surface area (Å²) in [6.45, 7) is 0. The highest BCUT2D eigenvalue weighted by Crippen LogP contribution is 2.30. The van der Waals surface area contributed by atoms with Crippen molar-refractivity contribution in [2.75, 3.05) is 16.9 Å². The van der Waals surface area contributed by atoms with Gasteiger partial charge in [-0.2, -0.15) is 0 Å². The highest BCUT2D eigenvalue weighted by molar-refractivity contribution is 7.90. The van der Waals surface area contributed by atoms with E-state index < -0.39 is 21.7 Å². The molecule has 0 radical (unpaired) electrons. The molecule has 3 aromatic rings. The maximum atomic E-state index is 13.4. The topological polar surface area (TPSA) is 139 Å². The molecule has 1 aromatic carbocycles. The third kappa shape index (κ3) is 6.98. The van der Waals surface area contributed by atoms with Crippen LogP contribution in [-0.2, 0) is 9.84 Å². The molecule has 10 nitrogen and oxygen atoms in total. The van der Waals surface area contributed by atoms with Crippen LogP contribution in [0.15, 0.2) is 59.8 Å². The molecule has 0 atom stereocenters. The molecule has 2 aromatic heterocycles. The second-order valence-electron chi connectivity index (χ2n) is 8.80. The lowest BCUT2D eigenvalue weighted by atomic mass is 9.93. The first-order valence-corrected chi connectivity index (χ1v) is 14.3. The van der Waals surface area contributed by atoms with E-state index in [0.29, 0.717) is 17.9 Å². The molecule has 2 amide bonds. The molecule has 38 heavy (non-hydrogen) atoms. The summed E-state index contributed by atoms with van der Waals surface area (Å²) in [5, 5.41) is 5.72. The van der Waals surface area contributed by atoms with Gasteiger partial charge in [-0.05, 0) is 79.9 Å². The van der Waals surface area contributed by atoms with E-state index in [9.17, 15) is 18.0 Å². The lowest BCUT2D eigenvalue weighted by Crippen LogP contribution is -2.32. The van der Waals surface area contributed by atoms with Gasteiger partial charge in [-0.3, -0.25) is 9.59 Å². The minimum Gasteiger partial charge on any atom is -0.490 e. The normalized spacial score (nSPS) is 17.4. The lowest BCUT2D eigenvalue weighted by molar-refractivity contribution is 0.101. The molecular formula is C25H25Cl2N5O5S. The van der Waals surface area contributed by atoms with Gasteiger partial charge in [0.05, 0.1) is 27.3 Å². The van der Waals surface area contributed by atoms with Gasteiger partial charge in [-0.15, -0.1) is 0 Å². The Balaban J connectivity index is 1.58. The van der Waals surface area contributed by atoms with Crippen molar-refractivity contribution in [3.63, 3.8) is 0 Å². The van der Waals surface area contributed by atoms with Crippen molar-refractivity contribution in [2.24, 2.45) is 0 Å². The van der Waals surface area contributed by atoms with E-state index in [-0.39, 0.29) is 45.6 Å². The second-order valence-corrected chi connectivity index (χ2v) is 11.5. The molecule has 13 heteroatoms. The standard InChI is InChI=1S/C25H25Cl2N5O5S/c1-38(35,36)18-9-10-19(21(13-18)37-17-7-5-16(32-27)6-8-17)24(33)30-20-3-2-12-28-23(20)25(34)31-22-11-4-15(26)14-29-22/h2-4,9-14,16-17,32H,5-8H2,1H3,(H,30,33)(H,29,31,34). The van der Waals surface area contributed by atoms with Gasteiger partial charge in [0.15, 0.2) is 15.5 Å². The number of hydrogen-bond acceptors (Lipinski definition) is 8. The Kier molecular flexibility index (Phi) is 8.83. The summed E-state index contributed by atoms with van der Waals surface area (Å²) >= 11 is 11.6. The number of rotatable bonds is 8. The first kappa shape index (κ1) is 27.8. The van der Waals surface area contributed by atoms with Crippen molar-refractivity contribution in [1.29, 1.82) is 0 Å². The van der Waals surface area contributed by atoms with Gasteiger partial charge in [0.1, 0.15) is 11.6 Å². The molecule has 4 rings (SSSR count). The zero-order valence-electron chi connectivity index (χ0n) is 20.3. The van der Waals surface area contributed by atoms with Crippen molar-refractivity contribution in [3.05, 3.63) is 71.1 Å². The van der Waals surface area contributed by atoms with Crippen LogP contribution < -0.4 is 20.2 Å². The Morgan fingerprint density at radius 3 is 2.42 bits per heavy atom. The van der Waals surface area contributed by atoms with Crippen molar-refractivity contribution in [1.82, 2.24) is 14.8 Å². The zero-order valence-corrected chi connectivity index (χ0v) is 22.6. The number of benzene rings is 1. The Labute approximate surface area is 230 Å². The molecule has 2 heterocycles. The Hall–Kier alpha value is -3.25. The molecule has 0 aliphatic heterocycles. The van der Waals surface area contributed by atoms with Gasteiger partial charge in [0, 0.05) is 24.7 Å². The molecule has 0 saturated heterocycles. The molecule has 0 bridgehead atoms. The number of carbonyl (C=O) groups excluding carboxylic acids is 2. The molecule has 1 fully saturated rings. The van der Waals surface area contributed by atoms with E-state index in [1.54, 1.807) is 12.1 Å². The maximum absolute atomic E-state index is 13.4. The summed E-state index contributed by atoms with van der Waals surface area (Å²) in [6.07, 6.45) is 6.58. The highest BCUT2D eigenvalue weighted by Gasteiger charge is 2.25. The minimum absolute atomic E-state index is 0.0251. The van der Waals surface area contributed by atoms with Gasteiger partial charge in [-0.1, -0.05) is 11.6 Å². The number of carbonyl (C=O) groups is 2. The fourth-order valence-electron chi connectivity index (χ4n) is 3.99. The zero-order chi connectivity index (χ0) is 27.3. The van der Waals surface area contributed by atoms with Crippen LogP contribution in [0.1, 0.15) is 46.5 Å². The fourth-order valence-corrected chi connectivity index (χ4v) is 4.96. The number of hydrogen-bond donors (Lipinski definition) is 3. The number of sulfone groups is 1. The van der Waals surface area contributed by atoms with Crippen molar-refractivity contribution in [2.45, 2.75) is 42.7 Å². The summed E-state index contributed by atoms with van der Waals surface area (Å²) in [6, 6.07) is 10.5. The molecule has 200 valence electrons. The van der Waals surface area contributed by atoms with Crippen LogP contribution >= 0.6 is 23.4 Å². The van der Waals surface area contributed by atoms with Gasteiger partial charge in [0.25, 0.3) is 11.8 Å². The maximum Gasteiger partial charge on any atom is 0.277 e. The highest BCUT2D eigenvalue weighted by atomic mass is 35.5. The number of ether oxygens (including phenoxy) is 1. The van der Waals surface area contributed by atoms with Crippen molar-refractivity contribution < 1.29 is 22.7 Å². The van der Waals surface area contributed by atoms with E-state index in [2.05, 4.69) is 25.4 Å². The fraction of sp³-hybridized carbons (Fsp3) is 0.280. The summed E-state index contributed by atoms with van der Waals surface area (Å²) in [4.78, 5) is 37.1. The van der Waals surface area contributed by atoms with Crippen LogP contribution in [0.5, 0.6) is 5.75 Å². The number of nitrogens with zero attached hydrogens (tertiary/aromatic N) is 2. The summed E-state index contributed by atoms with van der Waals surface area (Å²) in [5.41, 5.74) is 0.222. The Morgan fingerprint density at radius 1 is 1.00 bits per heavy atom. The van der Waals surface area contributed by atoms with E-state index in [1.807, 2.05) is 0 Å². The van der Waals surface area contributed by atoms with E-state index in [4.69, 9.17) is 28.1 Å². The number of pyridine rings is 2. The van der Waals surface area contributed by atoms with Crippen LogP contribution in [0.2, 0.25) is 5.02 Å². The second kappa shape index (κ2) is 12.1. The summed E-state index contributed by atoms with van der Waals surface area (Å²) in [7, 11) is -3.55. The predicted molar refractivity (Wildman–Crippen MR) is 145 cm³/mol. The van der Waals surface area contributed by atoms with Gasteiger partial charge in [0.2, 0.25) is 0 Å². The van der Waals surface area contributed by atoms with Gasteiger partial charge in [-0.25, -0.2) is 23.2 Å². The third-order valence-electron chi connectivity index (χ3n) is 5.99. The van der Waals surface area contributed by atoms with Crippen molar-refractivity contribution in [3.8, 4) is 5.75 Å². The van der Waals surface area contributed by atoms with Crippen LogP contribution in [0.4, 0.5) is 11.5 Å². The molecule has 1 aliphatic rings. The lowest BCUT2D eigenvalue weighted by Gasteiger charge is -2.28. The largest absolute Gasteiger partial charge is 0.490 e. The molecule has 1 saturated carbocycles. The van der Waals surface area contributed by atoms with Gasteiger partial charge >= 0.3 is 0 Å². The molecule has 0 spiro atoms. The van der Waals surface area contributed by atoms with Crippen LogP contribution in [0.3, 0.4) is 0 Å². The van der Waals surface area contributed by atoms with E-state index in [0.717, 1.165) is 19.1 Å². The number of anilines is 2. The Morgan fingerprint density at radius 2 is 1.76 bits per heavy atom. The summed E-state index contributed by atoms with van der Waals surface area (Å²) in [5.74, 6) is -0.798. The van der Waals surface area contributed by atoms with Crippen LogP contribution in [0.25, 0.3) is 0 Å². The third-order valence-corrected chi connectivity index (χ3v) is 7.63. The average molecular weight is 578 g/mol. The molecule has 0 unspecified atom stereocenters. The number of halogens is 2. The molecule has 1 aliphatic carbocycles. The van der Waals surface area contributed by atoms with Crippen LogP contribution in [0, 0.1) is 0 Å². The Bertz CT molecular complexity index is 1430. The monoisotopic (exact) mass is 577 g/mol. The predicted octanol–water partition coefficient (Wildman–Crippen LogP) is 4.47. The first-order valence-electron chi connectivity index (χ1n) is 11.7. The van der Waals surface area contributed by atoms with Crippen molar-refractivity contribution >= 4 is 56.5 Å². The number of aromatic nitrogens is 2. The average Bonchev–Trinajstić information content (AvgIpc) is 2.90. The summed E-state index contributed by atoms with van der Waals surface area (Å²) < 4.78 is 30.5. The number of nitrogens with one attached hydrogen (secondary N) is 3. The quantitative estimate of drug-likeness (QED) is 0.333. The number of amides is 2. The van der Waals surface area contributed by atoms with Crippen LogP contribution in [-0.4, -0.2) is 48.6 Å². The van der Waals surface area contributed by atoms with E-state index in [1.165, 1.54) is 42.7 Å². The van der Waals surface area contributed by atoms with Gasteiger partial charge < -0.3 is 15.4 Å². The SMILES string of the molecule is CS(=O)(=O)c1ccc(C(=O)Nc2cccnc2C(=O)Nc2ccc(Cl)cn2)c(OC2CCC(NCl)CC2)c1.